The second-order valence-corrected chi connectivity index (χ2v) is 7.34. The van der Waals surface area contributed by atoms with Crippen LogP contribution in [0.1, 0.15) is 10.7 Å². The Morgan fingerprint density at radius 3 is 2.60 bits per heavy atom. The number of aryl methyl sites for hydroxylation is 1. The van der Waals surface area contributed by atoms with Crippen molar-refractivity contribution >= 4 is 40.6 Å². The Labute approximate surface area is 155 Å². The summed E-state index contributed by atoms with van der Waals surface area (Å²) in [6, 6.07) is 6.86. The summed E-state index contributed by atoms with van der Waals surface area (Å²) in [6.07, 6.45) is 0.319. The highest BCUT2D eigenvalue weighted by atomic mass is 35.5. The van der Waals surface area contributed by atoms with Crippen LogP contribution in [-0.2, 0) is 11.2 Å². The maximum Gasteiger partial charge on any atom is 0.321 e. The number of rotatable bonds is 3. The lowest BCUT2D eigenvalue weighted by molar-refractivity contribution is -0.131. The quantitative estimate of drug-likeness (QED) is 0.892. The van der Waals surface area contributed by atoms with Crippen molar-refractivity contribution in [3.63, 3.8) is 0 Å². The van der Waals surface area contributed by atoms with E-state index >= 15 is 0 Å². The predicted molar refractivity (Wildman–Crippen MR) is 99.2 cm³/mol. The topological polar surface area (TPSA) is 65.5 Å². The Morgan fingerprint density at radius 2 is 1.96 bits per heavy atom. The van der Waals surface area contributed by atoms with Crippen molar-refractivity contribution in [2.45, 2.75) is 13.3 Å². The number of carbonyl (C=O) groups excluding carboxylic acids is 2. The lowest BCUT2D eigenvalue weighted by Gasteiger charge is -2.34. The number of amides is 3. The maximum atomic E-state index is 12.3. The van der Waals surface area contributed by atoms with E-state index < -0.39 is 0 Å². The fraction of sp³-hybridized carbons (Fsp3) is 0.353. The average molecular weight is 379 g/mol. The van der Waals surface area contributed by atoms with Gasteiger partial charge < -0.3 is 15.1 Å². The Bertz CT molecular complexity index is 772. The minimum Gasteiger partial charge on any atom is -0.339 e. The molecule has 0 bridgehead atoms. The third-order valence-electron chi connectivity index (χ3n) is 3.99. The molecule has 1 aliphatic heterocycles. The van der Waals surface area contributed by atoms with Gasteiger partial charge in [-0.2, -0.15) is 0 Å². The molecular formula is C17H19ClN4O2S. The lowest BCUT2D eigenvalue weighted by atomic mass is 10.2. The summed E-state index contributed by atoms with van der Waals surface area (Å²) in [6.45, 7) is 4.01. The van der Waals surface area contributed by atoms with E-state index in [4.69, 9.17) is 11.6 Å². The number of nitrogens with zero attached hydrogens (tertiary/aromatic N) is 3. The first kappa shape index (κ1) is 17.7. The highest BCUT2D eigenvalue weighted by Gasteiger charge is 2.24. The van der Waals surface area contributed by atoms with Crippen LogP contribution in [0.4, 0.5) is 10.5 Å². The molecule has 1 aliphatic rings. The molecule has 0 spiro atoms. The number of piperazine rings is 1. The predicted octanol–water partition coefficient (Wildman–Crippen LogP) is 3.02. The largest absolute Gasteiger partial charge is 0.339 e. The van der Waals surface area contributed by atoms with E-state index in [0.29, 0.717) is 43.3 Å². The van der Waals surface area contributed by atoms with E-state index in [1.165, 1.54) is 0 Å². The second kappa shape index (κ2) is 7.84. The average Bonchev–Trinajstić information content (AvgIpc) is 3.00. The summed E-state index contributed by atoms with van der Waals surface area (Å²) in [5, 5.41) is 6.29. The first-order valence-electron chi connectivity index (χ1n) is 8.01. The summed E-state index contributed by atoms with van der Waals surface area (Å²) < 4.78 is 0. The van der Waals surface area contributed by atoms with Gasteiger partial charge in [-0.1, -0.05) is 17.7 Å². The molecule has 2 heterocycles. The van der Waals surface area contributed by atoms with Crippen molar-refractivity contribution < 1.29 is 9.59 Å². The van der Waals surface area contributed by atoms with Crippen molar-refractivity contribution in [2.24, 2.45) is 0 Å². The molecule has 3 amide bonds. The summed E-state index contributed by atoms with van der Waals surface area (Å²) in [5.41, 5.74) is 1.48. The van der Waals surface area contributed by atoms with Crippen molar-refractivity contribution in [2.75, 3.05) is 31.5 Å². The molecule has 6 nitrogen and oxygen atoms in total. The molecule has 8 heteroatoms. The number of carbonyl (C=O) groups is 2. The highest BCUT2D eigenvalue weighted by Crippen LogP contribution is 2.16. The zero-order valence-corrected chi connectivity index (χ0v) is 15.4. The molecule has 132 valence electrons. The SMILES string of the molecule is Cc1nc(CC(=O)N2CCN(C(=O)Nc3cccc(Cl)c3)CC2)cs1. The van der Waals surface area contributed by atoms with Gasteiger partial charge in [0.1, 0.15) is 0 Å². The van der Waals surface area contributed by atoms with Gasteiger partial charge in [-0.25, -0.2) is 9.78 Å². The van der Waals surface area contributed by atoms with Crippen LogP contribution < -0.4 is 5.32 Å². The normalized spacial score (nSPS) is 14.5. The van der Waals surface area contributed by atoms with Crippen LogP contribution >= 0.6 is 22.9 Å². The Kier molecular flexibility index (Phi) is 5.55. The molecule has 0 unspecified atom stereocenters. The van der Waals surface area contributed by atoms with Gasteiger partial charge >= 0.3 is 6.03 Å². The second-order valence-electron chi connectivity index (χ2n) is 5.84. The summed E-state index contributed by atoms with van der Waals surface area (Å²) >= 11 is 7.47. The maximum absolute atomic E-state index is 12.3. The number of urea groups is 1. The van der Waals surface area contributed by atoms with E-state index in [1.807, 2.05) is 12.3 Å². The van der Waals surface area contributed by atoms with Crippen LogP contribution in [0.15, 0.2) is 29.6 Å². The monoisotopic (exact) mass is 378 g/mol. The van der Waals surface area contributed by atoms with Crippen LogP contribution in [0.2, 0.25) is 5.02 Å². The first-order chi connectivity index (χ1) is 12.0. The number of aromatic nitrogens is 1. The smallest absolute Gasteiger partial charge is 0.321 e. The third-order valence-corrected chi connectivity index (χ3v) is 5.05. The van der Waals surface area contributed by atoms with Gasteiger partial charge in [0.15, 0.2) is 0 Å². The van der Waals surface area contributed by atoms with Gasteiger partial charge in [-0.05, 0) is 25.1 Å². The van der Waals surface area contributed by atoms with Crippen molar-refractivity contribution in [1.29, 1.82) is 0 Å². The van der Waals surface area contributed by atoms with E-state index in [9.17, 15) is 9.59 Å². The van der Waals surface area contributed by atoms with Crippen molar-refractivity contribution in [1.82, 2.24) is 14.8 Å². The highest BCUT2D eigenvalue weighted by molar-refractivity contribution is 7.09. The number of nitrogens with one attached hydrogen (secondary N) is 1. The van der Waals surface area contributed by atoms with Crippen LogP contribution in [0.5, 0.6) is 0 Å². The fourth-order valence-corrected chi connectivity index (χ4v) is 3.49. The minimum absolute atomic E-state index is 0.0557. The minimum atomic E-state index is -0.176. The standard InChI is InChI=1S/C17H19ClN4O2S/c1-12-19-15(11-25-12)10-16(23)21-5-7-22(8-6-21)17(24)20-14-4-2-3-13(18)9-14/h2-4,9,11H,5-8,10H2,1H3,(H,20,24). The molecule has 3 rings (SSSR count). The summed E-state index contributed by atoms with van der Waals surface area (Å²) in [5.74, 6) is 0.0557. The number of benzene rings is 1. The summed E-state index contributed by atoms with van der Waals surface area (Å²) in [4.78, 5) is 32.5. The first-order valence-corrected chi connectivity index (χ1v) is 9.27. The van der Waals surface area contributed by atoms with Gasteiger partial charge in [0.25, 0.3) is 0 Å². The van der Waals surface area contributed by atoms with Crippen LogP contribution in [0, 0.1) is 6.92 Å². The molecule has 0 aliphatic carbocycles. The lowest BCUT2D eigenvalue weighted by Crippen LogP contribution is -2.52. The number of anilines is 1. The molecule has 1 fully saturated rings. The molecule has 2 aromatic rings. The Hall–Kier alpha value is -2.12. The molecular weight excluding hydrogens is 360 g/mol. The molecule has 1 aromatic carbocycles. The van der Waals surface area contributed by atoms with Crippen LogP contribution in [0.25, 0.3) is 0 Å². The number of halogens is 1. The summed E-state index contributed by atoms with van der Waals surface area (Å²) in [7, 11) is 0. The Balaban J connectivity index is 1.49. The van der Waals surface area contributed by atoms with E-state index in [1.54, 1.807) is 45.4 Å². The number of hydrogen-bond acceptors (Lipinski definition) is 4. The zero-order chi connectivity index (χ0) is 17.8. The van der Waals surface area contributed by atoms with E-state index in [2.05, 4.69) is 10.3 Å². The van der Waals surface area contributed by atoms with Gasteiger partial charge in [0.2, 0.25) is 5.91 Å². The third kappa shape index (κ3) is 4.70. The van der Waals surface area contributed by atoms with Crippen molar-refractivity contribution in [3.05, 3.63) is 45.4 Å². The molecule has 25 heavy (non-hydrogen) atoms. The van der Waals surface area contributed by atoms with Gasteiger partial charge in [-0.3, -0.25) is 4.79 Å². The van der Waals surface area contributed by atoms with Crippen LogP contribution in [0.3, 0.4) is 0 Å². The molecule has 1 N–H and O–H groups in total. The zero-order valence-electron chi connectivity index (χ0n) is 13.9. The molecule has 1 aromatic heterocycles. The van der Waals surface area contributed by atoms with Crippen molar-refractivity contribution in [3.8, 4) is 0 Å². The molecule has 0 atom stereocenters. The molecule has 0 saturated carbocycles. The molecule has 1 saturated heterocycles. The number of hydrogen-bond donors (Lipinski definition) is 1. The van der Waals surface area contributed by atoms with Gasteiger partial charge in [0.05, 0.1) is 17.1 Å². The van der Waals surface area contributed by atoms with E-state index in [0.717, 1.165) is 10.7 Å². The fourth-order valence-electron chi connectivity index (χ4n) is 2.68. The van der Waals surface area contributed by atoms with Crippen LogP contribution in [-0.4, -0.2) is 52.9 Å². The van der Waals surface area contributed by atoms with E-state index in [-0.39, 0.29) is 11.9 Å². The molecule has 0 radical (unpaired) electrons. The van der Waals surface area contributed by atoms with Gasteiger partial charge in [-0.15, -0.1) is 11.3 Å². The van der Waals surface area contributed by atoms with Gasteiger partial charge in [0, 0.05) is 42.3 Å². The Morgan fingerprint density at radius 1 is 1.24 bits per heavy atom. The number of thiazole rings is 1.